The molecule has 75 heavy (non-hydrogen) atoms. The summed E-state index contributed by atoms with van der Waals surface area (Å²) in [7, 11) is 0. The van der Waals surface area contributed by atoms with Crippen molar-refractivity contribution in [3.8, 4) is 0 Å². The van der Waals surface area contributed by atoms with Crippen molar-refractivity contribution < 1.29 is 15.0 Å². The van der Waals surface area contributed by atoms with Gasteiger partial charge in [0.2, 0.25) is 5.91 Å². The molecule has 0 aliphatic rings. The molecule has 0 bridgehead atoms. The lowest BCUT2D eigenvalue weighted by Gasteiger charge is -2.22. The summed E-state index contributed by atoms with van der Waals surface area (Å²) in [5.74, 6) is -0.0275. The molecule has 2 unspecified atom stereocenters. The van der Waals surface area contributed by atoms with Gasteiger partial charge in [0.15, 0.2) is 0 Å². The fourth-order valence-electron chi connectivity index (χ4n) is 10.4. The third kappa shape index (κ3) is 62.6. The van der Waals surface area contributed by atoms with Gasteiger partial charge in [-0.1, -0.05) is 356 Å². The molecular weight excluding hydrogens is 915 g/mol. The monoisotopic (exact) mass is 1050 g/mol. The molecule has 0 saturated heterocycles. The molecule has 0 aliphatic heterocycles. The average Bonchev–Trinajstić information content (AvgIpc) is 3.41. The zero-order valence-electron chi connectivity index (χ0n) is 50.6. The van der Waals surface area contributed by atoms with Gasteiger partial charge in [-0.3, -0.25) is 4.79 Å². The fourth-order valence-corrected chi connectivity index (χ4v) is 10.4. The summed E-state index contributed by atoms with van der Waals surface area (Å²) in [5, 5.41) is 23.5. The van der Waals surface area contributed by atoms with E-state index in [-0.39, 0.29) is 12.5 Å². The first-order valence-electron chi connectivity index (χ1n) is 33.6. The third-order valence-electron chi connectivity index (χ3n) is 15.5. The number of hydrogen-bond acceptors (Lipinski definition) is 3. The number of hydrogen-bond donors (Lipinski definition) is 3. The number of nitrogens with one attached hydrogen (secondary N) is 1. The highest BCUT2D eigenvalue weighted by atomic mass is 16.3. The first-order valence-corrected chi connectivity index (χ1v) is 33.6. The van der Waals surface area contributed by atoms with E-state index in [1.807, 2.05) is 0 Å². The van der Waals surface area contributed by atoms with Crippen LogP contribution in [0.25, 0.3) is 0 Å². The Balaban J connectivity index is 3.44. The fraction of sp³-hybridized carbons (Fsp3) is 0.817. The highest BCUT2D eigenvalue weighted by molar-refractivity contribution is 5.76. The van der Waals surface area contributed by atoms with Crippen molar-refractivity contribution in [3.05, 3.63) is 72.9 Å². The number of carbonyl (C=O) groups excluding carboxylic acids is 1. The van der Waals surface area contributed by atoms with Crippen LogP contribution >= 0.6 is 0 Å². The van der Waals surface area contributed by atoms with E-state index in [1.54, 1.807) is 0 Å². The molecule has 4 nitrogen and oxygen atoms in total. The topological polar surface area (TPSA) is 69.6 Å². The van der Waals surface area contributed by atoms with Crippen molar-refractivity contribution in [1.82, 2.24) is 5.32 Å². The first-order chi connectivity index (χ1) is 37.2. The van der Waals surface area contributed by atoms with Crippen LogP contribution in [-0.2, 0) is 4.79 Å². The van der Waals surface area contributed by atoms with Crippen molar-refractivity contribution in [1.29, 1.82) is 0 Å². The number of carbonyl (C=O) groups is 1. The van der Waals surface area contributed by atoms with Crippen molar-refractivity contribution in [2.45, 2.75) is 366 Å². The molecule has 0 fully saturated rings. The van der Waals surface area contributed by atoms with Crippen molar-refractivity contribution in [2.75, 3.05) is 6.61 Å². The molecule has 0 radical (unpaired) electrons. The van der Waals surface area contributed by atoms with Gasteiger partial charge < -0.3 is 15.5 Å². The zero-order valence-corrected chi connectivity index (χ0v) is 50.6. The van der Waals surface area contributed by atoms with E-state index >= 15 is 0 Å². The lowest BCUT2D eigenvalue weighted by Crippen LogP contribution is -2.45. The first kappa shape index (κ1) is 72.8. The summed E-state index contributed by atoms with van der Waals surface area (Å²) in [4.78, 5) is 12.6. The molecule has 438 valence electrons. The lowest BCUT2D eigenvalue weighted by atomic mass is 10.0. The zero-order chi connectivity index (χ0) is 54.1. The molecule has 0 aliphatic carbocycles. The van der Waals surface area contributed by atoms with E-state index in [0.29, 0.717) is 12.8 Å². The van der Waals surface area contributed by atoms with Crippen LogP contribution in [0.4, 0.5) is 0 Å². The van der Waals surface area contributed by atoms with Crippen LogP contribution in [0.15, 0.2) is 72.9 Å². The van der Waals surface area contributed by atoms with E-state index in [2.05, 4.69) is 92.1 Å². The molecule has 2 atom stereocenters. The van der Waals surface area contributed by atoms with Gasteiger partial charge in [-0.15, -0.1) is 0 Å². The summed E-state index contributed by atoms with van der Waals surface area (Å²) < 4.78 is 0. The van der Waals surface area contributed by atoms with Crippen LogP contribution in [0, 0.1) is 0 Å². The van der Waals surface area contributed by atoms with Crippen LogP contribution in [0.2, 0.25) is 0 Å². The van der Waals surface area contributed by atoms with E-state index in [1.165, 1.54) is 263 Å². The molecule has 0 aromatic heterocycles. The highest BCUT2D eigenvalue weighted by Gasteiger charge is 2.20. The van der Waals surface area contributed by atoms with Crippen LogP contribution in [0.5, 0.6) is 0 Å². The maximum atomic E-state index is 12.6. The second kappa shape index (κ2) is 66.1. The van der Waals surface area contributed by atoms with Gasteiger partial charge in [0.05, 0.1) is 18.8 Å². The predicted molar refractivity (Wildman–Crippen MR) is 336 cm³/mol. The molecule has 0 saturated carbocycles. The molecule has 0 aromatic rings. The lowest BCUT2D eigenvalue weighted by molar-refractivity contribution is -0.123. The highest BCUT2D eigenvalue weighted by Crippen LogP contribution is 2.19. The normalized spacial score (nSPS) is 13.2. The van der Waals surface area contributed by atoms with E-state index < -0.39 is 12.1 Å². The quantitative estimate of drug-likeness (QED) is 0.0420. The standard InChI is InChI=1S/C71H131NO3/c1-3-5-7-9-11-13-15-17-19-21-23-25-27-29-31-33-34-35-36-37-38-39-41-43-45-47-49-51-53-55-57-59-61-63-65-67-71(75)72-69(68-73)70(74)66-64-62-60-58-56-54-52-50-48-46-44-42-40-32-30-28-26-24-22-20-18-16-14-12-10-8-6-4-2/h5,7,11,13,17,19,23,25,29,31,34-35,69-70,73-74H,3-4,6,8-10,12,14-16,18,20-22,24,26-28,30,32-33,36-68H2,1-2H3,(H,72,75)/b7-5-,13-11-,19-17-,25-23-,31-29-,35-34-. The summed E-state index contributed by atoms with van der Waals surface area (Å²) >= 11 is 0. The molecule has 3 N–H and O–H groups in total. The van der Waals surface area contributed by atoms with Crippen molar-refractivity contribution in [2.24, 2.45) is 0 Å². The Bertz CT molecular complexity index is 1280. The summed E-state index contributed by atoms with van der Waals surface area (Å²) in [6.07, 6.45) is 95.1. The number of rotatable bonds is 62. The van der Waals surface area contributed by atoms with Gasteiger partial charge in [-0.05, 0) is 64.2 Å². The minimum atomic E-state index is -0.663. The van der Waals surface area contributed by atoms with Crippen molar-refractivity contribution in [3.63, 3.8) is 0 Å². The minimum Gasteiger partial charge on any atom is -0.394 e. The van der Waals surface area contributed by atoms with Gasteiger partial charge in [-0.2, -0.15) is 0 Å². The molecule has 0 spiro atoms. The van der Waals surface area contributed by atoms with Gasteiger partial charge in [0, 0.05) is 6.42 Å². The molecule has 0 heterocycles. The van der Waals surface area contributed by atoms with Crippen LogP contribution in [0.1, 0.15) is 354 Å². The van der Waals surface area contributed by atoms with Crippen LogP contribution in [-0.4, -0.2) is 34.9 Å². The summed E-state index contributed by atoms with van der Waals surface area (Å²) in [6, 6.07) is -0.540. The Morgan fingerprint density at radius 1 is 0.333 bits per heavy atom. The Hall–Kier alpha value is -2.17. The maximum absolute atomic E-state index is 12.6. The Labute approximate surface area is 469 Å². The summed E-state index contributed by atoms with van der Waals surface area (Å²) in [5.41, 5.74) is 0. The molecule has 0 aromatic carbocycles. The number of amides is 1. The second-order valence-corrected chi connectivity index (χ2v) is 22.9. The Morgan fingerprint density at radius 2 is 0.587 bits per heavy atom. The summed E-state index contributed by atoms with van der Waals surface area (Å²) in [6.45, 7) is 4.28. The SMILES string of the molecule is CC/C=C\C/C=C\C/C=C\C/C=C\C/C=C\C/C=C\CCCCCCCCCCCCCCCCCCC(=O)NC(CO)C(O)CCCCCCCCCCCCCCCCCCCCCCCCCCCCCC. The predicted octanol–water partition coefficient (Wildman–Crippen LogP) is 22.9. The molecule has 0 rings (SSSR count). The molecule has 4 heteroatoms. The Morgan fingerprint density at radius 3 is 0.880 bits per heavy atom. The molecule has 1 amide bonds. The van der Waals surface area contributed by atoms with Crippen molar-refractivity contribution >= 4 is 5.91 Å². The van der Waals surface area contributed by atoms with E-state index in [4.69, 9.17) is 0 Å². The minimum absolute atomic E-state index is 0.0275. The van der Waals surface area contributed by atoms with Gasteiger partial charge in [0.25, 0.3) is 0 Å². The van der Waals surface area contributed by atoms with E-state index in [0.717, 1.165) is 64.2 Å². The third-order valence-corrected chi connectivity index (χ3v) is 15.5. The average molecular weight is 1050 g/mol. The van der Waals surface area contributed by atoms with Gasteiger partial charge in [0.1, 0.15) is 0 Å². The van der Waals surface area contributed by atoms with Gasteiger partial charge >= 0.3 is 0 Å². The van der Waals surface area contributed by atoms with E-state index in [9.17, 15) is 15.0 Å². The van der Waals surface area contributed by atoms with Crippen LogP contribution in [0.3, 0.4) is 0 Å². The maximum Gasteiger partial charge on any atom is 0.220 e. The Kier molecular flexibility index (Phi) is 64.2. The number of aliphatic hydroxyl groups is 2. The number of aliphatic hydroxyl groups excluding tert-OH is 2. The number of unbranched alkanes of at least 4 members (excludes halogenated alkanes) is 43. The molecular formula is C71H131NO3. The van der Waals surface area contributed by atoms with Crippen LogP contribution < -0.4 is 5.32 Å². The van der Waals surface area contributed by atoms with Gasteiger partial charge in [-0.25, -0.2) is 0 Å². The number of allylic oxidation sites excluding steroid dienone is 12. The largest absolute Gasteiger partial charge is 0.394 e. The second-order valence-electron chi connectivity index (χ2n) is 22.9. The smallest absolute Gasteiger partial charge is 0.220 e.